The van der Waals surface area contributed by atoms with Crippen LogP contribution in [-0.2, 0) is 35.7 Å². The van der Waals surface area contributed by atoms with Crippen molar-refractivity contribution >= 4 is 17.2 Å². The smallest absolute Gasteiger partial charge is 0.227 e. The van der Waals surface area contributed by atoms with Crippen molar-refractivity contribution in [2.24, 2.45) is 0 Å². The summed E-state index contributed by atoms with van der Waals surface area (Å²) in [6.07, 6.45) is 2.32. The molecule has 0 atom stereocenters. The molecule has 0 unspecified atom stereocenters. The van der Waals surface area contributed by atoms with Crippen molar-refractivity contribution in [1.82, 2.24) is 15.5 Å². The van der Waals surface area contributed by atoms with Crippen LogP contribution >= 0.6 is 11.3 Å². The van der Waals surface area contributed by atoms with E-state index in [-0.39, 0.29) is 12.3 Å². The van der Waals surface area contributed by atoms with Crippen molar-refractivity contribution in [2.45, 2.75) is 32.6 Å². The third-order valence-electron chi connectivity index (χ3n) is 4.39. The number of benzene rings is 1. The van der Waals surface area contributed by atoms with Gasteiger partial charge in [0.05, 0.1) is 12.9 Å². The zero-order valence-corrected chi connectivity index (χ0v) is 17.1. The van der Waals surface area contributed by atoms with Gasteiger partial charge in [0.2, 0.25) is 17.6 Å². The predicted octanol–water partition coefficient (Wildman–Crippen LogP) is 4.36. The topological polar surface area (TPSA) is 90.4 Å². The Labute approximate surface area is 177 Å². The van der Waals surface area contributed by atoms with E-state index >= 15 is 0 Å². The molecule has 0 radical (unpaired) electrons. The van der Waals surface area contributed by atoms with Gasteiger partial charge in [0.15, 0.2) is 0 Å². The first kappa shape index (κ1) is 20.1. The van der Waals surface area contributed by atoms with Crippen LogP contribution in [0.2, 0.25) is 0 Å². The number of carbonyl (C=O) groups is 1. The second-order valence-electron chi connectivity index (χ2n) is 6.69. The van der Waals surface area contributed by atoms with Crippen LogP contribution in [0.3, 0.4) is 0 Å². The number of nitrogens with one attached hydrogen (secondary N) is 1. The molecule has 0 saturated heterocycles. The summed E-state index contributed by atoms with van der Waals surface area (Å²) in [6, 6.07) is 13.6. The van der Waals surface area contributed by atoms with Crippen LogP contribution in [0.4, 0.5) is 0 Å². The van der Waals surface area contributed by atoms with E-state index in [1.807, 2.05) is 53.2 Å². The van der Waals surface area contributed by atoms with E-state index in [4.69, 9.17) is 13.7 Å². The van der Waals surface area contributed by atoms with Gasteiger partial charge in [-0.05, 0) is 34.7 Å². The highest BCUT2D eigenvalue weighted by atomic mass is 32.1. The molecule has 154 valence electrons. The third kappa shape index (κ3) is 5.65. The van der Waals surface area contributed by atoms with Crippen LogP contribution in [0, 0.1) is 0 Å². The molecule has 1 aromatic carbocycles. The summed E-state index contributed by atoms with van der Waals surface area (Å²) in [5.74, 6) is 1.74. The Hall–Kier alpha value is -3.23. The largest absolute Gasteiger partial charge is 0.467 e. The highest BCUT2D eigenvalue weighted by Gasteiger charge is 2.11. The fourth-order valence-corrected chi connectivity index (χ4v) is 3.50. The quantitative estimate of drug-likeness (QED) is 0.408. The maximum absolute atomic E-state index is 12.2. The molecule has 0 bridgehead atoms. The molecular weight excluding hydrogens is 402 g/mol. The normalized spacial score (nSPS) is 10.9. The summed E-state index contributed by atoms with van der Waals surface area (Å²) in [6.45, 7) is 1.36. The average molecular weight is 423 g/mol. The van der Waals surface area contributed by atoms with Crippen molar-refractivity contribution in [3.05, 3.63) is 82.3 Å². The summed E-state index contributed by atoms with van der Waals surface area (Å²) in [5.41, 5.74) is 2.98. The summed E-state index contributed by atoms with van der Waals surface area (Å²) in [7, 11) is 0. The SMILES string of the molecule is O=C(CCc1nc(-c2ccsc2)no1)NCc1cccc(COCc2ccco2)c1. The zero-order chi connectivity index (χ0) is 20.6. The molecule has 8 heteroatoms. The fraction of sp³-hybridized carbons (Fsp3) is 0.227. The Kier molecular flexibility index (Phi) is 6.68. The molecule has 1 N–H and O–H groups in total. The Balaban J connectivity index is 1.20. The Morgan fingerprint density at radius 2 is 2.07 bits per heavy atom. The number of thiophene rings is 1. The number of furan rings is 1. The minimum atomic E-state index is -0.0650. The highest BCUT2D eigenvalue weighted by Crippen LogP contribution is 2.19. The molecule has 0 aliphatic rings. The van der Waals surface area contributed by atoms with Crippen molar-refractivity contribution < 1.29 is 18.5 Å². The molecule has 30 heavy (non-hydrogen) atoms. The lowest BCUT2D eigenvalue weighted by Crippen LogP contribution is -2.23. The van der Waals surface area contributed by atoms with Gasteiger partial charge in [0.25, 0.3) is 0 Å². The minimum Gasteiger partial charge on any atom is -0.467 e. The van der Waals surface area contributed by atoms with Crippen molar-refractivity contribution in [2.75, 3.05) is 0 Å². The first-order chi connectivity index (χ1) is 14.8. The van der Waals surface area contributed by atoms with Gasteiger partial charge in [-0.1, -0.05) is 29.4 Å². The van der Waals surface area contributed by atoms with E-state index in [0.29, 0.717) is 37.9 Å². The van der Waals surface area contributed by atoms with E-state index in [1.54, 1.807) is 17.6 Å². The number of hydrogen-bond acceptors (Lipinski definition) is 7. The second-order valence-corrected chi connectivity index (χ2v) is 7.47. The molecule has 0 fully saturated rings. The lowest BCUT2D eigenvalue weighted by atomic mass is 10.1. The number of rotatable bonds is 10. The molecule has 3 aromatic heterocycles. The lowest BCUT2D eigenvalue weighted by Gasteiger charge is -2.07. The van der Waals surface area contributed by atoms with Gasteiger partial charge in [0.1, 0.15) is 12.4 Å². The number of aromatic nitrogens is 2. The van der Waals surface area contributed by atoms with Crippen LogP contribution in [0.15, 0.2) is 68.4 Å². The third-order valence-corrected chi connectivity index (χ3v) is 5.07. The molecule has 3 heterocycles. The van der Waals surface area contributed by atoms with Gasteiger partial charge in [-0.2, -0.15) is 16.3 Å². The number of nitrogens with zero attached hydrogens (tertiary/aromatic N) is 2. The molecule has 0 aliphatic heterocycles. The van der Waals surface area contributed by atoms with E-state index in [9.17, 15) is 4.79 Å². The van der Waals surface area contributed by atoms with Crippen LogP contribution < -0.4 is 5.32 Å². The summed E-state index contributed by atoms with van der Waals surface area (Å²) in [5, 5.41) is 10.8. The average Bonchev–Trinajstić information content (AvgIpc) is 3.53. The van der Waals surface area contributed by atoms with Crippen LogP contribution in [-0.4, -0.2) is 16.0 Å². The molecule has 1 amide bonds. The van der Waals surface area contributed by atoms with Crippen molar-refractivity contribution in [3.8, 4) is 11.4 Å². The van der Waals surface area contributed by atoms with Crippen molar-refractivity contribution in [1.29, 1.82) is 0 Å². The fourth-order valence-electron chi connectivity index (χ4n) is 2.87. The summed E-state index contributed by atoms with van der Waals surface area (Å²) in [4.78, 5) is 16.5. The van der Waals surface area contributed by atoms with Gasteiger partial charge in [0, 0.05) is 30.3 Å². The van der Waals surface area contributed by atoms with E-state index in [1.165, 1.54) is 0 Å². The van der Waals surface area contributed by atoms with Gasteiger partial charge in [-0.3, -0.25) is 4.79 Å². The van der Waals surface area contributed by atoms with E-state index in [0.717, 1.165) is 22.5 Å². The standard InChI is InChI=1S/C22H21N3O4S/c26-20(6-7-21-24-22(25-29-21)18-8-10-30-15-18)23-12-16-3-1-4-17(11-16)13-27-14-19-5-2-9-28-19/h1-5,8-11,15H,6-7,12-14H2,(H,23,26). The Morgan fingerprint density at radius 1 is 1.13 bits per heavy atom. The monoisotopic (exact) mass is 423 g/mol. The first-order valence-electron chi connectivity index (χ1n) is 9.56. The molecule has 0 spiro atoms. The number of aryl methyl sites for hydroxylation is 1. The Morgan fingerprint density at radius 3 is 2.90 bits per heavy atom. The lowest BCUT2D eigenvalue weighted by molar-refractivity contribution is -0.121. The summed E-state index contributed by atoms with van der Waals surface area (Å²) >= 11 is 1.57. The number of amides is 1. The number of ether oxygens (including phenoxy) is 1. The summed E-state index contributed by atoms with van der Waals surface area (Å²) < 4.78 is 16.1. The number of hydrogen-bond donors (Lipinski definition) is 1. The van der Waals surface area contributed by atoms with Crippen molar-refractivity contribution in [3.63, 3.8) is 0 Å². The van der Waals surface area contributed by atoms with Crippen LogP contribution in [0.25, 0.3) is 11.4 Å². The molecule has 7 nitrogen and oxygen atoms in total. The number of carbonyl (C=O) groups excluding carboxylic acids is 1. The van der Waals surface area contributed by atoms with Gasteiger partial charge >= 0.3 is 0 Å². The van der Waals surface area contributed by atoms with Gasteiger partial charge < -0.3 is 19.0 Å². The molecule has 0 saturated carbocycles. The minimum absolute atomic E-state index is 0.0650. The molecule has 4 rings (SSSR count). The van der Waals surface area contributed by atoms with Gasteiger partial charge in [-0.15, -0.1) is 0 Å². The first-order valence-corrected chi connectivity index (χ1v) is 10.5. The second kappa shape index (κ2) is 10.00. The molecular formula is C22H21N3O4S. The molecule has 4 aromatic rings. The Bertz CT molecular complexity index is 1060. The zero-order valence-electron chi connectivity index (χ0n) is 16.2. The van der Waals surface area contributed by atoms with Crippen LogP contribution in [0.1, 0.15) is 29.2 Å². The molecule has 0 aliphatic carbocycles. The van der Waals surface area contributed by atoms with Gasteiger partial charge in [-0.25, -0.2) is 0 Å². The maximum Gasteiger partial charge on any atom is 0.227 e. The highest BCUT2D eigenvalue weighted by molar-refractivity contribution is 7.08. The predicted molar refractivity (Wildman–Crippen MR) is 111 cm³/mol. The van der Waals surface area contributed by atoms with Crippen LogP contribution in [0.5, 0.6) is 0 Å². The maximum atomic E-state index is 12.2. The van der Waals surface area contributed by atoms with E-state index < -0.39 is 0 Å². The van der Waals surface area contributed by atoms with E-state index in [2.05, 4.69) is 15.5 Å².